The van der Waals surface area contributed by atoms with Crippen LogP contribution in [0.2, 0.25) is 10.0 Å². The summed E-state index contributed by atoms with van der Waals surface area (Å²) in [5.41, 5.74) is 0.908. The normalized spacial score (nSPS) is 12.2. The second kappa shape index (κ2) is 5.57. The van der Waals surface area contributed by atoms with Crippen LogP contribution in [0.4, 0.5) is 0 Å². The number of hydrogen-bond donors (Lipinski definition) is 1. The molecule has 94 valence electrons. The third-order valence-electron chi connectivity index (χ3n) is 2.53. The molecule has 0 fully saturated rings. The van der Waals surface area contributed by atoms with Gasteiger partial charge in [-0.15, -0.1) is 0 Å². The fraction of sp³-hybridized carbons (Fsp3) is 0.154. The van der Waals surface area contributed by atoms with Crippen molar-refractivity contribution >= 4 is 23.2 Å². The van der Waals surface area contributed by atoms with Crippen LogP contribution < -0.4 is 4.74 Å². The minimum Gasteiger partial charge on any atom is -0.496 e. The molecule has 2 rings (SSSR count). The van der Waals surface area contributed by atoms with Gasteiger partial charge in [-0.2, -0.15) is 0 Å². The van der Waals surface area contributed by atoms with Crippen LogP contribution in [0.1, 0.15) is 17.4 Å². The highest BCUT2D eigenvalue weighted by Gasteiger charge is 2.19. The second-order valence-electron chi connectivity index (χ2n) is 3.66. The van der Waals surface area contributed by atoms with E-state index in [-0.39, 0.29) is 0 Å². The summed E-state index contributed by atoms with van der Waals surface area (Å²) in [6, 6.07) is 8.39. The van der Waals surface area contributed by atoms with Crippen molar-refractivity contribution in [1.29, 1.82) is 0 Å². The summed E-state index contributed by atoms with van der Waals surface area (Å²) in [7, 11) is 1.53. The van der Waals surface area contributed by atoms with Crippen molar-refractivity contribution in [2.24, 2.45) is 0 Å². The molecule has 0 spiro atoms. The van der Waals surface area contributed by atoms with E-state index in [1.54, 1.807) is 36.5 Å². The van der Waals surface area contributed by atoms with Crippen molar-refractivity contribution in [3.05, 3.63) is 57.8 Å². The minimum absolute atomic E-state index is 0.375. The summed E-state index contributed by atoms with van der Waals surface area (Å²) in [5, 5.41) is 11.2. The van der Waals surface area contributed by atoms with E-state index >= 15 is 0 Å². The highest BCUT2D eigenvalue weighted by Crippen LogP contribution is 2.33. The average Bonchev–Trinajstić information content (AvgIpc) is 2.38. The van der Waals surface area contributed by atoms with E-state index in [9.17, 15) is 5.11 Å². The standard InChI is InChI=1S/C13H11Cl2NO2/c1-18-11-5-4-8(14)7-9(11)13(17)12-10(15)3-2-6-16-12/h2-7,13,17H,1H3. The molecule has 2 aromatic rings. The van der Waals surface area contributed by atoms with Crippen LogP contribution in [-0.2, 0) is 0 Å². The lowest BCUT2D eigenvalue weighted by Gasteiger charge is -2.15. The van der Waals surface area contributed by atoms with Gasteiger partial charge in [0.25, 0.3) is 0 Å². The molecule has 5 heteroatoms. The Bertz CT molecular complexity index is 560. The predicted octanol–water partition coefficient (Wildman–Crippen LogP) is 3.48. The summed E-state index contributed by atoms with van der Waals surface area (Å²) in [6.45, 7) is 0. The Labute approximate surface area is 115 Å². The molecular weight excluding hydrogens is 273 g/mol. The van der Waals surface area contributed by atoms with Crippen LogP contribution in [-0.4, -0.2) is 17.2 Å². The molecule has 1 aromatic carbocycles. The van der Waals surface area contributed by atoms with Crippen LogP contribution in [0.5, 0.6) is 5.75 Å². The van der Waals surface area contributed by atoms with Crippen LogP contribution in [0.25, 0.3) is 0 Å². The monoisotopic (exact) mass is 283 g/mol. The molecule has 0 radical (unpaired) electrons. The third-order valence-corrected chi connectivity index (χ3v) is 3.09. The number of hydrogen-bond acceptors (Lipinski definition) is 3. The molecule has 0 amide bonds. The van der Waals surface area contributed by atoms with Gasteiger partial charge in [-0.1, -0.05) is 23.2 Å². The predicted molar refractivity (Wildman–Crippen MR) is 71.3 cm³/mol. The Balaban J connectivity index is 2.48. The molecule has 0 saturated carbocycles. The largest absolute Gasteiger partial charge is 0.496 e. The van der Waals surface area contributed by atoms with Crippen molar-refractivity contribution in [2.45, 2.75) is 6.10 Å². The van der Waals surface area contributed by atoms with E-state index < -0.39 is 6.10 Å². The number of methoxy groups -OCH3 is 1. The first-order valence-electron chi connectivity index (χ1n) is 5.25. The Morgan fingerprint density at radius 2 is 2.06 bits per heavy atom. The van der Waals surface area contributed by atoms with Crippen molar-refractivity contribution in [3.63, 3.8) is 0 Å². The SMILES string of the molecule is COc1ccc(Cl)cc1C(O)c1ncccc1Cl. The number of benzene rings is 1. The van der Waals surface area contributed by atoms with Crippen molar-refractivity contribution in [3.8, 4) is 5.75 Å². The summed E-state index contributed by atoms with van der Waals surface area (Å²) in [4.78, 5) is 4.08. The summed E-state index contributed by atoms with van der Waals surface area (Å²) in [5.74, 6) is 0.536. The molecule has 18 heavy (non-hydrogen) atoms. The zero-order valence-corrected chi connectivity index (χ0v) is 11.1. The van der Waals surface area contributed by atoms with Crippen LogP contribution in [0, 0.1) is 0 Å². The maximum atomic E-state index is 10.3. The molecule has 0 saturated heterocycles. The number of ether oxygens (including phenoxy) is 1. The Morgan fingerprint density at radius 1 is 1.28 bits per heavy atom. The fourth-order valence-corrected chi connectivity index (χ4v) is 2.07. The van der Waals surface area contributed by atoms with Gasteiger partial charge >= 0.3 is 0 Å². The highest BCUT2D eigenvalue weighted by molar-refractivity contribution is 6.31. The molecule has 1 unspecified atom stereocenters. The second-order valence-corrected chi connectivity index (χ2v) is 4.50. The van der Waals surface area contributed by atoms with E-state index in [1.807, 2.05) is 0 Å². The van der Waals surface area contributed by atoms with Crippen molar-refractivity contribution in [2.75, 3.05) is 7.11 Å². The fourth-order valence-electron chi connectivity index (χ4n) is 1.67. The molecule has 0 aliphatic heterocycles. The smallest absolute Gasteiger partial charge is 0.126 e. The lowest BCUT2D eigenvalue weighted by Crippen LogP contribution is -2.05. The molecule has 1 N–H and O–H groups in total. The quantitative estimate of drug-likeness (QED) is 0.938. The maximum Gasteiger partial charge on any atom is 0.126 e. The Kier molecular flexibility index (Phi) is 4.07. The lowest BCUT2D eigenvalue weighted by molar-refractivity contribution is 0.210. The molecule has 1 atom stereocenters. The van der Waals surface area contributed by atoms with Gasteiger partial charge in [0.1, 0.15) is 11.9 Å². The van der Waals surface area contributed by atoms with Gasteiger partial charge in [0.05, 0.1) is 17.8 Å². The lowest BCUT2D eigenvalue weighted by atomic mass is 10.0. The van der Waals surface area contributed by atoms with E-state index in [0.29, 0.717) is 27.1 Å². The van der Waals surface area contributed by atoms with E-state index in [2.05, 4.69) is 4.98 Å². The summed E-state index contributed by atoms with van der Waals surface area (Å²) >= 11 is 11.9. The maximum absolute atomic E-state index is 10.3. The van der Waals surface area contributed by atoms with E-state index in [4.69, 9.17) is 27.9 Å². The molecule has 0 aliphatic rings. The molecule has 0 aliphatic carbocycles. The first-order valence-corrected chi connectivity index (χ1v) is 6.01. The molecule has 3 nitrogen and oxygen atoms in total. The zero-order chi connectivity index (χ0) is 13.1. The Hall–Kier alpha value is -1.29. The number of aliphatic hydroxyl groups excluding tert-OH is 1. The van der Waals surface area contributed by atoms with Crippen LogP contribution in [0.15, 0.2) is 36.5 Å². The van der Waals surface area contributed by atoms with Gasteiger partial charge < -0.3 is 9.84 Å². The first kappa shape index (κ1) is 13.1. The highest BCUT2D eigenvalue weighted by atomic mass is 35.5. The zero-order valence-electron chi connectivity index (χ0n) is 9.60. The van der Waals surface area contributed by atoms with Crippen LogP contribution in [0.3, 0.4) is 0 Å². The van der Waals surface area contributed by atoms with E-state index in [0.717, 1.165) is 0 Å². The van der Waals surface area contributed by atoms with Crippen LogP contribution >= 0.6 is 23.2 Å². The summed E-state index contributed by atoms with van der Waals surface area (Å²) < 4.78 is 5.19. The average molecular weight is 284 g/mol. The number of aliphatic hydroxyl groups is 1. The van der Waals surface area contributed by atoms with Gasteiger partial charge in [0, 0.05) is 16.8 Å². The number of pyridine rings is 1. The Morgan fingerprint density at radius 3 is 2.72 bits per heavy atom. The molecule has 0 bridgehead atoms. The molecule has 1 heterocycles. The van der Waals surface area contributed by atoms with Gasteiger partial charge in [0.2, 0.25) is 0 Å². The summed E-state index contributed by atoms with van der Waals surface area (Å²) in [6.07, 6.45) is 0.592. The van der Waals surface area contributed by atoms with Crippen molar-refractivity contribution in [1.82, 2.24) is 4.98 Å². The van der Waals surface area contributed by atoms with Gasteiger partial charge in [0.15, 0.2) is 0 Å². The first-order chi connectivity index (χ1) is 8.63. The third kappa shape index (κ3) is 2.58. The van der Waals surface area contributed by atoms with Gasteiger partial charge in [-0.05, 0) is 30.3 Å². The number of aromatic nitrogens is 1. The van der Waals surface area contributed by atoms with E-state index in [1.165, 1.54) is 7.11 Å². The number of halogens is 2. The molecular formula is C13H11Cl2NO2. The van der Waals surface area contributed by atoms with Gasteiger partial charge in [-0.25, -0.2) is 0 Å². The van der Waals surface area contributed by atoms with Gasteiger partial charge in [-0.3, -0.25) is 4.98 Å². The molecule has 1 aromatic heterocycles. The minimum atomic E-state index is -0.979. The topological polar surface area (TPSA) is 42.4 Å². The number of rotatable bonds is 3. The number of nitrogens with zero attached hydrogens (tertiary/aromatic N) is 1. The van der Waals surface area contributed by atoms with Crippen molar-refractivity contribution < 1.29 is 9.84 Å².